The summed E-state index contributed by atoms with van der Waals surface area (Å²) in [6, 6.07) is 1.74. The van der Waals surface area contributed by atoms with Crippen molar-refractivity contribution in [2.24, 2.45) is 5.92 Å². The summed E-state index contributed by atoms with van der Waals surface area (Å²) in [6.45, 7) is 2.34. The Labute approximate surface area is 150 Å². The molecule has 2 atom stereocenters. The van der Waals surface area contributed by atoms with Crippen molar-refractivity contribution in [2.45, 2.75) is 31.4 Å². The van der Waals surface area contributed by atoms with E-state index in [1.807, 2.05) is 6.92 Å². The summed E-state index contributed by atoms with van der Waals surface area (Å²) in [4.78, 5) is 11.2. The number of thioether (sulfide) groups is 1. The molecule has 2 rings (SSSR count). The van der Waals surface area contributed by atoms with E-state index >= 15 is 0 Å². The van der Waals surface area contributed by atoms with Crippen molar-refractivity contribution in [3.63, 3.8) is 0 Å². The van der Waals surface area contributed by atoms with Gasteiger partial charge in [0.05, 0.1) is 12.5 Å². The number of halogens is 2. The molecule has 0 saturated carbocycles. The molecule has 1 fully saturated rings. The van der Waals surface area contributed by atoms with Crippen molar-refractivity contribution in [1.82, 2.24) is 0 Å². The first-order valence-electron chi connectivity index (χ1n) is 7.13. The summed E-state index contributed by atoms with van der Waals surface area (Å²) in [5.41, 5.74) is 0.786. The Morgan fingerprint density at radius 2 is 2.18 bits per heavy atom. The van der Waals surface area contributed by atoms with Gasteiger partial charge in [-0.05, 0) is 57.7 Å². The summed E-state index contributed by atoms with van der Waals surface area (Å²) in [5.74, 6) is 0.105. The molecule has 1 heterocycles. The van der Waals surface area contributed by atoms with Gasteiger partial charge >= 0.3 is 5.97 Å². The van der Waals surface area contributed by atoms with Crippen molar-refractivity contribution < 1.29 is 19.7 Å². The number of phenolic OH excluding ortho intramolecular Hbond substituents is 1. The number of phenols is 1. The van der Waals surface area contributed by atoms with Gasteiger partial charge in [-0.2, -0.15) is 11.8 Å². The Morgan fingerprint density at radius 3 is 2.82 bits per heavy atom. The van der Waals surface area contributed by atoms with Gasteiger partial charge in [0.15, 0.2) is 11.5 Å². The van der Waals surface area contributed by atoms with Crippen LogP contribution in [-0.2, 0) is 4.79 Å². The molecule has 0 amide bonds. The average molecular weight is 454 g/mol. The van der Waals surface area contributed by atoms with Gasteiger partial charge in [0.1, 0.15) is 0 Å². The van der Waals surface area contributed by atoms with Crippen LogP contribution < -0.4 is 4.74 Å². The Hall–Kier alpha value is -0.400. The minimum atomic E-state index is -0.735. The lowest BCUT2D eigenvalue weighted by atomic mass is 10.0. The first-order chi connectivity index (χ1) is 10.5. The predicted octanol–water partition coefficient (Wildman–Crippen LogP) is 4.97. The lowest BCUT2D eigenvalue weighted by Crippen LogP contribution is -2.14. The van der Waals surface area contributed by atoms with Crippen LogP contribution in [-0.4, -0.2) is 28.5 Å². The zero-order chi connectivity index (χ0) is 16.3. The summed E-state index contributed by atoms with van der Waals surface area (Å²) in [5, 5.41) is 19.8. The van der Waals surface area contributed by atoms with Gasteiger partial charge in [0, 0.05) is 25.5 Å². The summed E-state index contributed by atoms with van der Waals surface area (Å²) < 4.78 is 7.12. The fourth-order valence-electron chi connectivity index (χ4n) is 2.54. The molecule has 2 unspecified atom stereocenters. The molecule has 122 valence electrons. The Kier molecular flexibility index (Phi) is 6.46. The number of carboxylic acids is 1. The van der Waals surface area contributed by atoms with Crippen LogP contribution in [0.2, 0.25) is 0 Å². The highest BCUT2D eigenvalue weighted by Gasteiger charge is 2.29. The maximum Gasteiger partial charge on any atom is 0.307 e. The van der Waals surface area contributed by atoms with Crippen molar-refractivity contribution in [3.05, 3.63) is 20.6 Å². The molecule has 2 N–H and O–H groups in total. The molecule has 0 spiro atoms. The highest BCUT2D eigenvalue weighted by molar-refractivity contribution is 9.13. The molecule has 1 saturated heterocycles. The Balaban J connectivity index is 2.33. The molecule has 1 aliphatic heterocycles. The molecule has 1 aliphatic rings. The number of carbonyl (C=O) groups is 1. The lowest BCUT2D eigenvalue weighted by Gasteiger charge is -2.20. The van der Waals surface area contributed by atoms with Crippen LogP contribution in [0.15, 0.2) is 15.0 Å². The van der Waals surface area contributed by atoms with E-state index in [4.69, 9.17) is 4.74 Å². The molecule has 1 aromatic carbocycles. The van der Waals surface area contributed by atoms with Gasteiger partial charge in [0.2, 0.25) is 0 Å². The van der Waals surface area contributed by atoms with Crippen molar-refractivity contribution in [1.29, 1.82) is 0 Å². The van der Waals surface area contributed by atoms with Gasteiger partial charge in [-0.25, -0.2) is 0 Å². The summed E-state index contributed by atoms with van der Waals surface area (Å²) >= 11 is 8.60. The van der Waals surface area contributed by atoms with E-state index in [1.54, 1.807) is 17.8 Å². The van der Waals surface area contributed by atoms with Gasteiger partial charge in [-0.15, -0.1) is 0 Å². The number of hydrogen-bond donors (Lipinski definition) is 2. The number of aliphatic carboxylic acids is 1. The molecular formula is C15H18Br2O4S. The van der Waals surface area contributed by atoms with Crippen molar-refractivity contribution >= 4 is 49.6 Å². The quantitative estimate of drug-likeness (QED) is 0.673. The van der Waals surface area contributed by atoms with Gasteiger partial charge < -0.3 is 14.9 Å². The smallest absolute Gasteiger partial charge is 0.307 e. The highest BCUT2D eigenvalue weighted by Crippen LogP contribution is 2.50. The van der Waals surface area contributed by atoms with E-state index in [-0.39, 0.29) is 16.9 Å². The zero-order valence-electron chi connectivity index (χ0n) is 12.1. The number of carboxylic acid groups (broad SMARTS) is 1. The summed E-state index contributed by atoms with van der Waals surface area (Å²) in [7, 11) is 0. The maximum absolute atomic E-state index is 11.2. The van der Waals surface area contributed by atoms with Gasteiger partial charge in [0.25, 0.3) is 0 Å². The molecule has 0 aliphatic carbocycles. The van der Waals surface area contributed by atoms with Crippen LogP contribution in [0.1, 0.15) is 37.0 Å². The molecule has 4 nitrogen and oxygen atoms in total. The highest BCUT2D eigenvalue weighted by atomic mass is 79.9. The molecular weight excluding hydrogens is 436 g/mol. The van der Waals surface area contributed by atoms with E-state index < -0.39 is 5.97 Å². The van der Waals surface area contributed by atoms with Gasteiger partial charge in [-0.1, -0.05) is 6.42 Å². The Bertz CT molecular complexity index is 565. The van der Waals surface area contributed by atoms with E-state index in [2.05, 4.69) is 31.9 Å². The van der Waals surface area contributed by atoms with E-state index in [0.717, 1.165) is 27.4 Å². The third-order valence-corrected chi connectivity index (χ3v) is 7.16. The van der Waals surface area contributed by atoms with Crippen molar-refractivity contribution in [2.75, 3.05) is 12.4 Å². The molecule has 0 radical (unpaired) electrons. The van der Waals surface area contributed by atoms with Crippen LogP contribution in [0.4, 0.5) is 0 Å². The third-order valence-electron chi connectivity index (χ3n) is 3.68. The molecule has 0 bridgehead atoms. The topological polar surface area (TPSA) is 66.8 Å². The van der Waals surface area contributed by atoms with Gasteiger partial charge in [-0.3, -0.25) is 4.79 Å². The van der Waals surface area contributed by atoms with E-state index in [9.17, 15) is 15.0 Å². The largest absolute Gasteiger partial charge is 0.504 e. The monoisotopic (exact) mass is 452 g/mol. The number of benzene rings is 1. The van der Waals surface area contributed by atoms with Crippen LogP contribution in [0, 0.1) is 5.92 Å². The second-order valence-electron chi connectivity index (χ2n) is 5.15. The maximum atomic E-state index is 11.2. The molecule has 22 heavy (non-hydrogen) atoms. The zero-order valence-corrected chi connectivity index (χ0v) is 16.1. The minimum absolute atomic E-state index is 0.0513. The van der Waals surface area contributed by atoms with Crippen LogP contribution >= 0.6 is 43.6 Å². The molecule has 7 heteroatoms. The molecule has 1 aromatic rings. The number of ether oxygens (including phenoxy) is 1. The fourth-order valence-corrected chi connectivity index (χ4v) is 5.20. The standard InChI is InChI=1S/C15H18Br2O4S/c1-2-21-10-6-9(16)13(17)12(14(10)18)11-5-3-4-8(7-22-11)15(19)20/h6,8,11,18H,2-5,7H2,1H3,(H,19,20). The second-order valence-corrected chi connectivity index (χ2v) is 8.04. The first-order valence-corrected chi connectivity index (χ1v) is 9.77. The van der Waals surface area contributed by atoms with Crippen LogP contribution in [0.5, 0.6) is 11.5 Å². The first kappa shape index (κ1) is 17.9. The normalized spacial score (nSPS) is 22.1. The average Bonchev–Trinajstić information content (AvgIpc) is 2.71. The van der Waals surface area contributed by atoms with Crippen LogP contribution in [0.25, 0.3) is 0 Å². The summed E-state index contributed by atoms with van der Waals surface area (Å²) in [6.07, 6.45) is 2.35. The number of rotatable bonds is 4. The number of hydrogen-bond acceptors (Lipinski definition) is 4. The predicted molar refractivity (Wildman–Crippen MR) is 94.9 cm³/mol. The third kappa shape index (κ3) is 3.92. The van der Waals surface area contributed by atoms with Crippen molar-refractivity contribution in [3.8, 4) is 11.5 Å². The molecule has 0 aromatic heterocycles. The van der Waals surface area contributed by atoms with E-state index in [1.165, 1.54) is 0 Å². The number of aromatic hydroxyl groups is 1. The van der Waals surface area contributed by atoms with E-state index in [0.29, 0.717) is 24.5 Å². The fraction of sp³-hybridized carbons (Fsp3) is 0.533. The van der Waals surface area contributed by atoms with Crippen LogP contribution in [0.3, 0.4) is 0 Å². The Morgan fingerprint density at radius 1 is 1.45 bits per heavy atom. The second kappa shape index (κ2) is 7.93. The minimum Gasteiger partial charge on any atom is -0.504 e. The lowest BCUT2D eigenvalue weighted by molar-refractivity contribution is -0.141. The SMILES string of the molecule is CCOc1cc(Br)c(Br)c(C2CCCC(C(=O)O)CS2)c1O.